The molecule has 0 N–H and O–H groups in total. The van der Waals surface area contributed by atoms with Gasteiger partial charge in [0.2, 0.25) is 0 Å². The molecule has 0 fully saturated rings. The third-order valence-electron chi connectivity index (χ3n) is 11.8. The fourth-order valence-electron chi connectivity index (χ4n) is 8.80. The molecule has 0 radical (unpaired) electrons. The van der Waals surface area contributed by atoms with Crippen molar-refractivity contribution in [3.63, 3.8) is 0 Å². The van der Waals surface area contributed by atoms with E-state index in [4.69, 9.17) is 0 Å². The number of benzene rings is 10. The predicted octanol–water partition coefficient (Wildman–Crippen LogP) is 16.1. The maximum Gasteiger partial charge on any atom is 0.0562 e. The first-order valence-electron chi connectivity index (χ1n) is 20.6. The zero-order chi connectivity index (χ0) is 39.8. The second-order valence-electron chi connectivity index (χ2n) is 15.4. The summed E-state index contributed by atoms with van der Waals surface area (Å²) < 4.78 is 2.44. The van der Waals surface area contributed by atoms with Crippen molar-refractivity contribution in [2.45, 2.75) is 0 Å². The van der Waals surface area contributed by atoms with Crippen molar-refractivity contribution < 1.29 is 0 Å². The largest absolute Gasteiger partial charge is 0.310 e. The molecule has 2 heteroatoms. The topological polar surface area (TPSA) is 8.17 Å². The first-order valence-corrected chi connectivity index (χ1v) is 20.6. The van der Waals surface area contributed by atoms with Gasteiger partial charge in [0, 0.05) is 33.5 Å². The minimum absolute atomic E-state index is 1.09. The molecule has 0 unspecified atom stereocenters. The number of anilines is 3. The Morgan fingerprint density at radius 2 is 0.667 bits per heavy atom. The lowest BCUT2D eigenvalue weighted by molar-refractivity contribution is 1.18. The van der Waals surface area contributed by atoms with Crippen molar-refractivity contribution in [3.8, 4) is 50.2 Å². The number of rotatable bonds is 8. The van der Waals surface area contributed by atoms with E-state index in [9.17, 15) is 0 Å². The van der Waals surface area contributed by atoms with Gasteiger partial charge >= 0.3 is 0 Å². The summed E-state index contributed by atoms with van der Waals surface area (Å²) in [5.41, 5.74) is 16.4. The monoisotopic (exact) mass is 764 g/mol. The van der Waals surface area contributed by atoms with E-state index in [0.717, 1.165) is 28.3 Å². The van der Waals surface area contributed by atoms with E-state index in [1.54, 1.807) is 0 Å². The van der Waals surface area contributed by atoms with Crippen LogP contribution in [0.2, 0.25) is 0 Å². The van der Waals surface area contributed by atoms with Gasteiger partial charge < -0.3 is 9.47 Å². The van der Waals surface area contributed by atoms with Crippen LogP contribution in [0.25, 0.3) is 82.8 Å². The number of hydrogen-bond donors (Lipinski definition) is 0. The normalized spacial score (nSPS) is 11.3. The lowest BCUT2D eigenvalue weighted by Gasteiger charge is -2.26. The second-order valence-corrected chi connectivity index (χ2v) is 15.4. The Bertz CT molecular complexity index is 3160. The smallest absolute Gasteiger partial charge is 0.0562 e. The van der Waals surface area contributed by atoms with Crippen molar-refractivity contribution in [1.29, 1.82) is 0 Å². The molecule has 0 saturated heterocycles. The molecule has 0 amide bonds. The van der Waals surface area contributed by atoms with Crippen LogP contribution in [0, 0.1) is 0 Å². The molecule has 0 aliphatic rings. The van der Waals surface area contributed by atoms with E-state index in [2.05, 4.69) is 252 Å². The van der Waals surface area contributed by atoms with Crippen molar-refractivity contribution in [2.75, 3.05) is 4.90 Å². The molecule has 0 aliphatic heterocycles. The highest BCUT2D eigenvalue weighted by atomic mass is 15.1. The van der Waals surface area contributed by atoms with Gasteiger partial charge in [0.05, 0.1) is 11.0 Å². The predicted molar refractivity (Wildman–Crippen MR) is 255 cm³/mol. The average Bonchev–Trinajstić information content (AvgIpc) is 3.67. The fraction of sp³-hybridized carbons (Fsp3) is 0. The van der Waals surface area contributed by atoms with Crippen molar-refractivity contribution in [2.24, 2.45) is 0 Å². The maximum absolute atomic E-state index is 2.44. The van der Waals surface area contributed by atoms with Crippen LogP contribution in [-0.2, 0) is 0 Å². The minimum Gasteiger partial charge on any atom is -0.310 e. The van der Waals surface area contributed by atoms with Gasteiger partial charge in [-0.25, -0.2) is 0 Å². The number of fused-ring (bicyclic) bond motifs is 5. The van der Waals surface area contributed by atoms with Crippen LogP contribution >= 0.6 is 0 Å². The molecule has 0 aliphatic carbocycles. The standard InChI is InChI=1S/C58H40N2/c1-4-12-41(13-5-1)44-20-22-45(23-21-44)48-28-35-52(36-29-48)60-56-39-30-49-18-10-11-19-54(49)58(56)55-38-37-53(40-57(55)60)59(50-31-24-46(25-32-50)42-14-6-2-7-15-42)51-33-26-47(27-34-51)43-16-8-3-9-17-43/h1-40H. The van der Waals surface area contributed by atoms with Gasteiger partial charge in [-0.05, 0) is 110 Å². The molecule has 11 aromatic rings. The molecule has 0 spiro atoms. The van der Waals surface area contributed by atoms with E-state index < -0.39 is 0 Å². The summed E-state index contributed by atoms with van der Waals surface area (Å²) in [4.78, 5) is 2.38. The number of aromatic nitrogens is 1. The zero-order valence-corrected chi connectivity index (χ0v) is 33.0. The van der Waals surface area contributed by atoms with Crippen LogP contribution in [0.1, 0.15) is 0 Å². The molecule has 0 bridgehead atoms. The molecule has 1 aromatic heterocycles. The Kier molecular flexibility index (Phi) is 8.87. The molecule has 1 heterocycles. The van der Waals surface area contributed by atoms with Gasteiger partial charge in [0.25, 0.3) is 0 Å². The van der Waals surface area contributed by atoms with Crippen LogP contribution in [0.15, 0.2) is 243 Å². The summed E-state index contributed by atoms with van der Waals surface area (Å²) in [5, 5.41) is 4.98. The number of nitrogens with zero attached hydrogens (tertiary/aromatic N) is 2. The molecular formula is C58H40N2. The molecule has 10 aromatic carbocycles. The average molecular weight is 765 g/mol. The van der Waals surface area contributed by atoms with Gasteiger partial charge in [0.15, 0.2) is 0 Å². The van der Waals surface area contributed by atoms with Crippen LogP contribution in [0.5, 0.6) is 0 Å². The highest BCUT2D eigenvalue weighted by molar-refractivity contribution is 6.21. The SMILES string of the molecule is c1ccc(-c2ccc(-c3ccc(-n4c5cc(N(c6ccc(-c7ccccc7)cc6)c6ccc(-c7ccccc7)cc6)ccc5c5c6ccccc6ccc54)cc3)cc2)cc1. The van der Waals surface area contributed by atoms with Crippen molar-refractivity contribution in [1.82, 2.24) is 4.57 Å². The zero-order valence-electron chi connectivity index (χ0n) is 33.0. The number of hydrogen-bond acceptors (Lipinski definition) is 1. The Labute approximate surface area is 350 Å². The van der Waals surface area contributed by atoms with Crippen molar-refractivity contribution in [3.05, 3.63) is 243 Å². The first kappa shape index (κ1) is 35.2. The van der Waals surface area contributed by atoms with Crippen LogP contribution in [0.3, 0.4) is 0 Å². The molecule has 0 saturated carbocycles. The summed E-state index contributed by atoms with van der Waals surface area (Å²) in [7, 11) is 0. The summed E-state index contributed by atoms with van der Waals surface area (Å²) in [6, 6.07) is 87.8. The van der Waals surface area contributed by atoms with Gasteiger partial charge in [0.1, 0.15) is 0 Å². The molecule has 2 nitrogen and oxygen atoms in total. The summed E-state index contributed by atoms with van der Waals surface area (Å²) in [5.74, 6) is 0. The van der Waals surface area contributed by atoms with Crippen molar-refractivity contribution >= 4 is 49.6 Å². The van der Waals surface area contributed by atoms with Gasteiger partial charge in [-0.15, -0.1) is 0 Å². The van der Waals surface area contributed by atoms with Gasteiger partial charge in [-0.1, -0.05) is 188 Å². The van der Waals surface area contributed by atoms with Crippen LogP contribution in [0.4, 0.5) is 17.1 Å². The molecule has 282 valence electrons. The highest BCUT2D eigenvalue weighted by Crippen LogP contribution is 2.42. The minimum atomic E-state index is 1.09. The molecule has 0 atom stereocenters. The Morgan fingerprint density at radius 1 is 0.267 bits per heavy atom. The maximum atomic E-state index is 2.44. The third-order valence-corrected chi connectivity index (χ3v) is 11.8. The quantitative estimate of drug-likeness (QED) is 0.150. The fourth-order valence-corrected chi connectivity index (χ4v) is 8.80. The van der Waals surface area contributed by atoms with E-state index in [1.165, 1.54) is 71.6 Å². The molecule has 60 heavy (non-hydrogen) atoms. The first-order chi connectivity index (χ1) is 29.7. The Morgan fingerprint density at radius 3 is 1.17 bits per heavy atom. The van der Waals surface area contributed by atoms with E-state index >= 15 is 0 Å². The van der Waals surface area contributed by atoms with E-state index in [0.29, 0.717) is 0 Å². The Hall–Kier alpha value is -7.94. The Balaban J connectivity index is 1.06. The van der Waals surface area contributed by atoms with E-state index in [1.807, 2.05) is 0 Å². The van der Waals surface area contributed by atoms with E-state index in [-0.39, 0.29) is 0 Å². The van der Waals surface area contributed by atoms with Gasteiger partial charge in [-0.2, -0.15) is 0 Å². The summed E-state index contributed by atoms with van der Waals surface area (Å²) in [6.45, 7) is 0. The van der Waals surface area contributed by atoms with Crippen LogP contribution < -0.4 is 4.90 Å². The lowest BCUT2D eigenvalue weighted by Crippen LogP contribution is -2.10. The highest BCUT2D eigenvalue weighted by Gasteiger charge is 2.19. The molecular weight excluding hydrogens is 725 g/mol. The lowest BCUT2D eigenvalue weighted by atomic mass is 10.0. The van der Waals surface area contributed by atoms with Crippen LogP contribution in [-0.4, -0.2) is 4.57 Å². The second kappa shape index (κ2) is 15.1. The third kappa shape index (κ3) is 6.41. The summed E-state index contributed by atoms with van der Waals surface area (Å²) in [6.07, 6.45) is 0. The molecule has 11 rings (SSSR count). The summed E-state index contributed by atoms with van der Waals surface area (Å²) >= 11 is 0. The van der Waals surface area contributed by atoms with Gasteiger partial charge in [-0.3, -0.25) is 0 Å².